The fraction of sp³-hybridized carbons (Fsp3) is 0.611. The number of likely N-dealkylation sites (N-methyl/N-ethyl adjacent to an activating group) is 1. The zero-order chi connectivity index (χ0) is 16.4. The first-order valence-corrected chi connectivity index (χ1v) is 9.40. The largest absolute Gasteiger partial charge is 0.333 e. The Morgan fingerprint density at radius 2 is 1.78 bits per heavy atom. The highest BCUT2D eigenvalue weighted by Crippen LogP contribution is 2.26. The zero-order valence-electron chi connectivity index (χ0n) is 13.7. The molecule has 2 aliphatic rings. The van der Waals surface area contributed by atoms with Gasteiger partial charge in [-0.3, -0.25) is 4.79 Å². The molecule has 1 aliphatic carbocycles. The number of halogens is 2. The van der Waals surface area contributed by atoms with Gasteiger partial charge in [0.15, 0.2) is 0 Å². The Morgan fingerprint density at radius 1 is 1.09 bits per heavy atom. The number of carbonyl (C=O) groups is 1. The predicted molar refractivity (Wildman–Crippen MR) is 94.5 cm³/mol. The van der Waals surface area contributed by atoms with Gasteiger partial charge in [-0.05, 0) is 31.0 Å². The molecule has 0 spiro atoms. The SMILES string of the molecule is CN(C(=O)c1ccc(Cl)c(Cl)c1)[C@@H]1CCCC[C@@H]1[NH+]1CCCC1. The number of hydrogen-bond acceptors (Lipinski definition) is 1. The molecule has 23 heavy (non-hydrogen) atoms. The van der Waals surface area contributed by atoms with E-state index < -0.39 is 0 Å². The minimum atomic E-state index is 0.0547. The molecule has 1 aromatic carbocycles. The highest BCUT2D eigenvalue weighted by atomic mass is 35.5. The van der Waals surface area contributed by atoms with Crippen LogP contribution in [-0.2, 0) is 0 Å². The number of nitrogens with one attached hydrogen (secondary N) is 1. The molecular weight excluding hydrogens is 331 g/mol. The second kappa shape index (κ2) is 7.42. The molecule has 5 heteroatoms. The Balaban J connectivity index is 1.77. The van der Waals surface area contributed by atoms with Crippen LogP contribution < -0.4 is 4.90 Å². The number of quaternary nitrogens is 1. The van der Waals surface area contributed by atoms with Gasteiger partial charge in [0.1, 0.15) is 6.04 Å². The van der Waals surface area contributed by atoms with Crippen LogP contribution in [0.2, 0.25) is 10.0 Å². The molecule has 2 atom stereocenters. The standard InChI is InChI=1S/C18H24Cl2N2O/c1-21(18(23)13-8-9-14(19)15(20)12-13)16-6-2-3-7-17(16)22-10-4-5-11-22/h8-9,12,16-17H,2-7,10-11H2,1H3/p+1/t16-,17+/m1/s1. The predicted octanol–water partition coefficient (Wildman–Crippen LogP) is 3.06. The van der Waals surface area contributed by atoms with E-state index in [0.29, 0.717) is 27.7 Å². The van der Waals surface area contributed by atoms with Crippen molar-refractivity contribution < 1.29 is 9.69 Å². The summed E-state index contributed by atoms with van der Waals surface area (Å²) in [4.78, 5) is 16.5. The van der Waals surface area contributed by atoms with Crippen LogP contribution >= 0.6 is 23.2 Å². The van der Waals surface area contributed by atoms with Crippen molar-refractivity contribution in [1.29, 1.82) is 0 Å². The molecule has 3 nitrogen and oxygen atoms in total. The second-order valence-corrected chi connectivity index (χ2v) is 7.68. The van der Waals surface area contributed by atoms with Crippen LogP contribution in [0.25, 0.3) is 0 Å². The number of carbonyl (C=O) groups excluding carboxylic acids is 1. The second-order valence-electron chi connectivity index (χ2n) is 6.87. The highest BCUT2D eigenvalue weighted by Gasteiger charge is 2.38. The maximum absolute atomic E-state index is 12.9. The van der Waals surface area contributed by atoms with Crippen molar-refractivity contribution >= 4 is 29.1 Å². The Kier molecular flexibility index (Phi) is 5.50. The lowest BCUT2D eigenvalue weighted by Crippen LogP contribution is -3.15. The Hall–Kier alpha value is -0.770. The lowest BCUT2D eigenvalue weighted by atomic mass is 9.88. The minimum Gasteiger partial charge on any atom is -0.333 e. The quantitative estimate of drug-likeness (QED) is 0.885. The molecule has 0 radical (unpaired) electrons. The van der Waals surface area contributed by atoms with Gasteiger partial charge in [0, 0.05) is 31.9 Å². The van der Waals surface area contributed by atoms with Crippen molar-refractivity contribution in [2.45, 2.75) is 50.6 Å². The van der Waals surface area contributed by atoms with E-state index >= 15 is 0 Å². The molecule has 1 saturated carbocycles. The van der Waals surface area contributed by atoms with Crippen LogP contribution in [-0.4, -0.2) is 43.0 Å². The summed E-state index contributed by atoms with van der Waals surface area (Å²) in [6.07, 6.45) is 7.50. The van der Waals surface area contributed by atoms with Gasteiger partial charge in [0.05, 0.1) is 29.2 Å². The number of hydrogen-bond donors (Lipinski definition) is 1. The van der Waals surface area contributed by atoms with Crippen molar-refractivity contribution in [2.24, 2.45) is 0 Å². The number of likely N-dealkylation sites (tertiary alicyclic amines) is 1. The third kappa shape index (κ3) is 3.67. The molecule has 1 amide bonds. The molecule has 1 saturated heterocycles. The zero-order valence-corrected chi connectivity index (χ0v) is 15.2. The van der Waals surface area contributed by atoms with E-state index in [9.17, 15) is 4.79 Å². The van der Waals surface area contributed by atoms with E-state index in [1.54, 1.807) is 23.1 Å². The average molecular weight is 356 g/mol. The molecule has 2 fully saturated rings. The fourth-order valence-corrected chi connectivity index (χ4v) is 4.53. The smallest absolute Gasteiger partial charge is 0.254 e. The monoisotopic (exact) mass is 355 g/mol. The van der Waals surface area contributed by atoms with Gasteiger partial charge in [0.2, 0.25) is 0 Å². The third-order valence-corrected chi connectivity index (χ3v) is 6.22. The van der Waals surface area contributed by atoms with Gasteiger partial charge in [-0.1, -0.05) is 29.6 Å². The van der Waals surface area contributed by atoms with Crippen molar-refractivity contribution in [3.05, 3.63) is 33.8 Å². The van der Waals surface area contributed by atoms with Crippen LogP contribution in [0.1, 0.15) is 48.9 Å². The first-order chi connectivity index (χ1) is 11.1. The Morgan fingerprint density at radius 3 is 2.48 bits per heavy atom. The first kappa shape index (κ1) is 17.1. The summed E-state index contributed by atoms with van der Waals surface area (Å²) >= 11 is 12.0. The summed E-state index contributed by atoms with van der Waals surface area (Å²) in [6, 6.07) is 6.08. The van der Waals surface area contributed by atoms with E-state index in [2.05, 4.69) is 0 Å². The van der Waals surface area contributed by atoms with Gasteiger partial charge in [-0.2, -0.15) is 0 Å². The van der Waals surface area contributed by atoms with Crippen LogP contribution in [0.15, 0.2) is 18.2 Å². The molecule has 1 heterocycles. The summed E-state index contributed by atoms with van der Waals surface area (Å²) in [6.45, 7) is 2.52. The van der Waals surface area contributed by atoms with Crippen LogP contribution in [0.4, 0.5) is 0 Å². The summed E-state index contributed by atoms with van der Waals surface area (Å²) in [5.41, 5.74) is 0.627. The van der Waals surface area contributed by atoms with E-state index in [4.69, 9.17) is 23.2 Å². The van der Waals surface area contributed by atoms with Crippen molar-refractivity contribution in [1.82, 2.24) is 4.90 Å². The van der Waals surface area contributed by atoms with Crippen LogP contribution in [0, 0.1) is 0 Å². The lowest BCUT2D eigenvalue weighted by Gasteiger charge is -2.40. The van der Waals surface area contributed by atoms with Crippen molar-refractivity contribution in [3.63, 3.8) is 0 Å². The number of rotatable bonds is 3. The van der Waals surface area contributed by atoms with E-state index in [0.717, 1.165) is 6.42 Å². The maximum Gasteiger partial charge on any atom is 0.254 e. The Labute approximate surface area is 148 Å². The summed E-state index contributed by atoms with van der Waals surface area (Å²) in [7, 11) is 1.95. The molecule has 1 N–H and O–H groups in total. The first-order valence-electron chi connectivity index (χ1n) is 8.64. The van der Waals surface area contributed by atoms with Crippen molar-refractivity contribution in [2.75, 3.05) is 20.1 Å². The maximum atomic E-state index is 12.9. The molecular formula is C18H25Cl2N2O+. The van der Waals surface area contributed by atoms with Gasteiger partial charge in [-0.25, -0.2) is 0 Å². The van der Waals surface area contributed by atoms with Gasteiger partial charge < -0.3 is 9.80 Å². The molecule has 0 unspecified atom stereocenters. The Bertz CT molecular complexity index is 572. The molecule has 0 bridgehead atoms. The van der Waals surface area contributed by atoms with Crippen LogP contribution in [0.3, 0.4) is 0 Å². The van der Waals surface area contributed by atoms with Gasteiger partial charge >= 0.3 is 0 Å². The topological polar surface area (TPSA) is 24.8 Å². The average Bonchev–Trinajstić information content (AvgIpc) is 3.10. The summed E-state index contributed by atoms with van der Waals surface area (Å²) < 4.78 is 0. The molecule has 126 valence electrons. The molecule has 0 aromatic heterocycles. The normalized spacial score (nSPS) is 25.5. The highest BCUT2D eigenvalue weighted by molar-refractivity contribution is 6.42. The van der Waals surface area contributed by atoms with E-state index in [1.165, 1.54) is 45.2 Å². The van der Waals surface area contributed by atoms with E-state index in [-0.39, 0.29) is 5.91 Å². The summed E-state index contributed by atoms with van der Waals surface area (Å²) in [5.74, 6) is 0.0547. The van der Waals surface area contributed by atoms with Crippen molar-refractivity contribution in [3.8, 4) is 0 Å². The van der Waals surface area contributed by atoms with Gasteiger partial charge in [0.25, 0.3) is 5.91 Å². The molecule has 1 aromatic rings. The van der Waals surface area contributed by atoms with Gasteiger partial charge in [-0.15, -0.1) is 0 Å². The van der Waals surface area contributed by atoms with Crippen LogP contribution in [0.5, 0.6) is 0 Å². The molecule has 1 aliphatic heterocycles. The number of amides is 1. The number of nitrogens with zero attached hydrogens (tertiary/aromatic N) is 1. The summed E-state index contributed by atoms with van der Waals surface area (Å²) in [5, 5.41) is 0.930. The number of benzene rings is 1. The minimum absolute atomic E-state index is 0.0547. The third-order valence-electron chi connectivity index (χ3n) is 5.48. The van der Waals surface area contributed by atoms with E-state index in [1.807, 2.05) is 11.9 Å². The molecule has 3 rings (SSSR count). The fourth-order valence-electron chi connectivity index (χ4n) is 4.23. The lowest BCUT2D eigenvalue weighted by molar-refractivity contribution is -0.916.